The Morgan fingerprint density at radius 3 is 2.47 bits per heavy atom. The summed E-state index contributed by atoms with van der Waals surface area (Å²) in [5, 5.41) is 12.8. The highest BCUT2D eigenvalue weighted by Crippen LogP contribution is 2.43. The average Bonchev–Trinajstić information content (AvgIpc) is 2.29. The third-order valence-corrected chi connectivity index (χ3v) is 3.86. The Balaban J connectivity index is 1.92. The summed E-state index contributed by atoms with van der Waals surface area (Å²) < 4.78 is 0. The third-order valence-electron chi connectivity index (χ3n) is 3.86. The first-order chi connectivity index (χ1) is 8.24. The van der Waals surface area contributed by atoms with Gasteiger partial charge in [0.15, 0.2) is 0 Å². The molecule has 1 saturated carbocycles. The van der Waals surface area contributed by atoms with E-state index in [4.69, 9.17) is 0 Å². The van der Waals surface area contributed by atoms with Crippen molar-refractivity contribution in [1.82, 2.24) is 5.32 Å². The van der Waals surface area contributed by atoms with E-state index in [1.54, 1.807) is 12.1 Å². The Morgan fingerprint density at radius 2 is 1.94 bits per heavy atom. The summed E-state index contributed by atoms with van der Waals surface area (Å²) in [4.78, 5) is 0. The fourth-order valence-electron chi connectivity index (χ4n) is 2.67. The van der Waals surface area contributed by atoms with Crippen LogP contribution in [-0.2, 0) is 6.42 Å². The van der Waals surface area contributed by atoms with Gasteiger partial charge in [-0.25, -0.2) is 0 Å². The van der Waals surface area contributed by atoms with Gasteiger partial charge in [0.25, 0.3) is 0 Å². The lowest BCUT2D eigenvalue weighted by Crippen LogP contribution is -2.41. The lowest BCUT2D eigenvalue weighted by Gasteiger charge is -2.42. The smallest absolute Gasteiger partial charge is 0.115 e. The molecule has 0 saturated heterocycles. The molecule has 94 valence electrons. The molecule has 0 radical (unpaired) electrons. The van der Waals surface area contributed by atoms with Crippen molar-refractivity contribution in [3.05, 3.63) is 29.8 Å². The van der Waals surface area contributed by atoms with Crippen LogP contribution in [0.2, 0.25) is 0 Å². The Labute approximate surface area is 104 Å². The summed E-state index contributed by atoms with van der Waals surface area (Å²) in [6.07, 6.45) is 6.39. The highest BCUT2D eigenvalue weighted by Gasteiger charge is 2.36. The van der Waals surface area contributed by atoms with Gasteiger partial charge in [-0.15, -0.1) is 0 Å². The molecule has 0 bridgehead atoms. The van der Waals surface area contributed by atoms with E-state index in [2.05, 4.69) is 24.4 Å². The minimum atomic E-state index is 0.362. The fraction of sp³-hybridized carbons (Fsp3) is 0.600. The number of phenolic OH excluding ortho intramolecular Hbond substituents is 1. The molecule has 0 atom stereocenters. The normalized spacial score (nSPS) is 17.7. The van der Waals surface area contributed by atoms with Gasteiger partial charge in [-0.3, -0.25) is 0 Å². The quantitative estimate of drug-likeness (QED) is 0.740. The van der Waals surface area contributed by atoms with Gasteiger partial charge in [0.2, 0.25) is 0 Å². The van der Waals surface area contributed by atoms with Crippen LogP contribution in [0, 0.1) is 5.41 Å². The number of benzene rings is 1. The topological polar surface area (TPSA) is 32.3 Å². The summed E-state index contributed by atoms with van der Waals surface area (Å²) in [7, 11) is 0. The first kappa shape index (κ1) is 12.4. The molecule has 0 aliphatic heterocycles. The van der Waals surface area contributed by atoms with Crippen LogP contribution in [0.15, 0.2) is 24.3 Å². The molecule has 0 amide bonds. The highest BCUT2D eigenvalue weighted by molar-refractivity contribution is 5.27. The number of aromatic hydroxyl groups is 1. The lowest BCUT2D eigenvalue weighted by molar-refractivity contribution is 0.130. The molecule has 1 aromatic carbocycles. The van der Waals surface area contributed by atoms with Crippen molar-refractivity contribution in [2.24, 2.45) is 5.41 Å². The maximum absolute atomic E-state index is 9.29. The van der Waals surface area contributed by atoms with Crippen LogP contribution in [0.3, 0.4) is 0 Å². The minimum absolute atomic E-state index is 0.362. The number of rotatable bonds is 6. The Hall–Kier alpha value is -1.02. The molecule has 1 fully saturated rings. The van der Waals surface area contributed by atoms with Crippen LogP contribution in [0.4, 0.5) is 0 Å². The second-order valence-electron chi connectivity index (χ2n) is 5.37. The number of hydrogen-bond donors (Lipinski definition) is 2. The lowest BCUT2D eigenvalue weighted by atomic mass is 9.65. The first-order valence-corrected chi connectivity index (χ1v) is 6.73. The van der Waals surface area contributed by atoms with Gasteiger partial charge in [0, 0.05) is 6.54 Å². The number of phenols is 1. The van der Waals surface area contributed by atoms with Crippen molar-refractivity contribution in [2.45, 2.75) is 39.0 Å². The van der Waals surface area contributed by atoms with Crippen LogP contribution < -0.4 is 5.32 Å². The number of nitrogens with one attached hydrogen (secondary N) is 1. The van der Waals surface area contributed by atoms with Gasteiger partial charge >= 0.3 is 0 Å². The predicted octanol–water partition coefficient (Wildman–Crippen LogP) is 3.10. The van der Waals surface area contributed by atoms with Crippen LogP contribution in [0.5, 0.6) is 5.75 Å². The van der Waals surface area contributed by atoms with E-state index in [-0.39, 0.29) is 0 Å². The van der Waals surface area contributed by atoms with Crippen molar-refractivity contribution in [2.75, 3.05) is 13.1 Å². The SMILES string of the molecule is CCCNCC1(Cc2ccc(O)cc2)CCC1. The zero-order chi connectivity index (χ0) is 12.1. The van der Waals surface area contributed by atoms with E-state index in [1.807, 2.05) is 0 Å². The summed E-state index contributed by atoms with van der Waals surface area (Å²) >= 11 is 0. The average molecular weight is 233 g/mol. The molecular weight excluding hydrogens is 210 g/mol. The van der Waals surface area contributed by atoms with Gasteiger partial charge in [-0.2, -0.15) is 0 Å². The molecule has 2 heteroatoms. The molecule has 0 aromatic heterocycles. The molecule has 1 aliphatic rings. The number of hydrogen-bond acceptors (Lipinski definition) is 2. The van der Waals surface area contributed by atoms with Crippen LogP contribution >= 0.6 is 0 Å². The van der Waals surface area contributed by atoms with E-state index >= 15 is 0 Å². The summed E-state index contributed by atoms with van der Waals surface area (Å²) in [5.41, 5.74) is 1.83. The first-order valence-electron chi connectivity index (χ1n) is 6.73. The van der Waals surface area contributed by atoms with Gasteiger partial charge in [0.05, 0.1) is 0 Å². The van der Waals surface area contributed by atoms with Crippen molar-refractivity contribution in [3.63, 3.8) is 0 Å². The summed E-state index contributed by atoms with van der Waals surface area (Å²) in [5.74, 6) is 0.362. The Morgan fingerprint density at radius 1 is 1.24 bits per heavy atom. The zero-order valence-electron chi connectivity index (χ0n) is 10.7. The van der Waals surface area contributed by atoms with Crippen molar-refractivity contribution in [3.8, 4) is 5.75 Å². The zero-order valence-corrected chi connectivity index (χ0v) is 10.7. The molecule has 0 heterocycles. The second-order valence-corrected chi connectivity index (χ2v) is 5.37. The van der Waals surface area contributed by atoms with Crippen molar-refractivity contribution < 1.29 is 5.11 Å². The van der Waals surface area contributed by atoms with Crippen molar-refractivity contribution in [1.29, 1.82) is 0 Å². The van der Waals surface area contributed by atoms with Gasteiger partial charge in [-0.1, -0.05) is 25.5 Å². The van der Waals surface area contributed by atoms with E-state index in [0.717, 1.165) is 19.5 Å². The van der Waals surface area contributed by atoms with E-state index < -0.39 is 0 Å². The molecule has 2 nitrogen and oxygen atoms in total. The van der Waals surface area contributed by atoms with Gasteiger partial charge < -0.3 is 10.4 Å². The molecule has 0 unspecified atom stereocenters. The minimum Gasteiger partial charge on any atom is -0.508 e. The predicted molar refractivity (Wildman–Crippen MR) is 71.3 cm³/mol. The molecule has 17 heavy (non-hydrogen) atoms. The molecule has 2 N–H and O–H groups in total. The standard InChI is InChI=1S/C15H23NO/c1-2-10-16-12-15(8-3-9-15)11-13-4-6-14(17)7-5-13/h4-7,16-17H,2-3,8-12H2,1H3. The molecule has 1 aromatic rings. The molecule has 1 aliphatic carbocycles. The largest absolute Gasteiger partial charge is 0.508 e. The Bertz CT molecular complexity index is 340. The van der Waals surface area contributed by atoms with Crippen LogP contribution in [-0.4, -0.2) is 18.2 Å². The molecule has 0 spiro atoms. The summed E-state index contributed by atoms with van der Waals surface area (Å²) in [6, 6.07) is 7.69. The third kappa shape index (κ3) is 3.22. The fourth-order valence-corrected chi connectivity index (χ4v) is 2.67. The van der Waals surface area contributed by atoms with E-state index in [9.17, 15) is 5.11 Å². The van der Waals surface area contributed by atoms with Crippen LogP contribution in [0.1, 0.15) is 38.2 Å². The monoisotopic (exact) mass is 233 g/mol. The van der Waals surface area contributed by atoms with Gasteiger partial charge in [-0.05, 0) is 55.3 Å². The highest BCUT2D eigenvalue weighted by atomic mass is 16.3. The van der Waals surface area contributed by atoms with Gasteiger partial charge in [0.1, 0.15) is 5.75 Å². The summed E-state index contributed by atoms with van der Waals surface area (Å²) in [6.45, 7) is 4.47. The second kappa shape index (κ2) is 5.54. The van der Waals surface area contributed by atoms with Crippen LogP contribution in [0.25, 0.3) is 0 Å². The molecule has 2 rings (SSSR count). The maximum atomic E-state index is 9.29. The molecular formula is C15H23NO. The van der Waals surface area contributed by atoms with Crippen molar-refractivity contribution >= 4 is 0 Å². The maximum Gasteiger partial charge on any atom is 0.115 e. The van der Waals surface area contributed by atoms with E-state index in [1.165, 1.54) is 31.2 Å². The Kier molecular flexibility index (Phi) is 4.06. The van der Waals surface area contributed by atoms with E-state index in [0.29, 0.717) is 11.2 Å².